The van der Waals surface area contributed by atoms with Gasteiger partial charge in [0.05, 0.1) is 36.1 Å². The number of carbonyl (C=O) groups excluding carboxylic acids is 4. The van der Waals surface area contributed by atoms with Gasteiger partial charge in [-0.15, -0.1) is 0 Å². The van der Waals surface area contributed by atoms with Gasteiger partial charge in [-0.25, -0.2) is 18.6 Å². The summed E-state index contributed by atoms with van der Waals surface area (Å²) in [6.07, 6.45) is 11.7. The molecule has 7 rings (SSSR count). The molecule has 0 bridgehead atoms. The molecule has 0 aromatic heterocycles. The minimum Gasteiger partial charge on any atom is -0.369 e. The number of halogens is 3. The molecule has 14 nitrogen and oxygen atoms in total. The fourth-order valence-electron chi connectivity index (χ4n) is 10.1. The van der Waals surface area contributed by atoms with Gasteiger partial charge in [-0.05, 0) is 128 Å². The molecule has 2 aromatic rings. The van der Waals surface area contributed by atoms with Crippen LogP contribution in [0.15, 0.2) is 40.1 Å². The number of aliphatic imine (C=N–C) groups is 2. The smallest absolute Gasteiger partial charge is 0.234 e. The van der Waals surface area contributed by atoms with Crippen molar-refractivity contribution >= 4 is 71.9 Å². The van der Waals surface area contributed by atoms with Crippen LogP contribution in [-0.4, -0.2) is 129 Å². The lowest BCUT2D eigenvalue weighted by Crippen LogP contribution is -2.56. The number of fused-ring (bicyclic) bond motifs is 1. The van der Waals surface area contributed by atoms with Crippen LogP contribution in [-0.2, 0) is 9.59 Å². The lowest BCUT2D eigenvalue weighted by Gasteiger charge is -2.56. The van der Waals surface area contributed by atoms with Gasteiger partial charge in [0.25, 0.3) is 0 Å². The van der Waals surface area contributed by atoms with Crippen LogP contribution in [0.5, 0.6) is 0 Å². The quantitative estimate of drug-likeness (QED) is 0.0318. The number of benzene rings is 2. The van der Waals surface area contributed by atoms with Crippen molar-refractivity contribution < 1.29 is 32.3 Å². The van der Waals surface area contributed by atoms with Crippen LogP contribution in [0.25, 0.3) is 5.70 Å². The van der Waals surface area contributed by atoms with E-state index in [1.54, 1.807) is 13.1 Å². The van der Waals surface area contributed by atoms with Crippen molar-refractivity contribution in [1.82, 2.24) is 25.4 Å². The highest BCUT2D eigenvalue weighted by Crippen LogP contribution is 2.52. The number of ketones is 1. The monoisotopic (exact) mass is 937 g/mol. The predicted molar refractivity (Wildman–Crippen MR) is 259 cm³/mol. The van der Waals surface area contributed by atoms with E-state index in [1.165, 1.54) is 12.1 Å². The first kappa shape index (κ1) is 50.8. The number of nitrogens with one attached hydrogen (secondary N) is 4. The lowest BCUT2D eigenvalue weighted by molar-refractivity contribution is -0.121. The Morgan fingerprint density at radius 1 is 0.985 bits per heavy atom. The molecule has 360 valence electrons. The molecule has 4 heterocycles. The lowest BCUT2D eigenvalue weighted by atomic mass is 9.59. The van der Waals surface area contributed by atoms with E-state index >= 15 is 8.78 Å². The Kier molecular flexibility index (Phi) is 18.0. The zero-order valence-electron chi connectivity index (χ0n) is 39.0. The molecule has 1 saturated carbocycles. The number of aldehydes is 2. The number of likely N-dealkylation sites (tertiary alicyclic amines) is 1. The molecule has 5 aliphatic rings. The molecule has 3 saturated heterocycles. The third kappa shape index (κ3) is 12.3. The standard InChI is InChI=1S/C43H55F3N8O3S.C5H12N2O/c1-27(2)54-28(3)50-42-36(45)17-29(19-39(42)54)41(47-4)37(46)23-48-26-49-31-5-13-53(14-6-31)58-33-7-11-51(12-8-33)32-21-43(22-32)9-15-52(16-10-43)38-20-34(40(57)25-56)30(24-55)18-35(38)44;1-3-4-5(8)7-6-2/h17-20,23-25,27-28,31-33,49-50H,4-16,21-22,26H2,1-3H3;6H,3-4H2,1-2H3,(H,7,8)/b41-37+,48-23-;. The molecule has 1 spiro atoms. The second kappa shape index (κ2) is 23.4. The van der Waals surface area contributed by atoms with E-state index in [4.69, 9.17) is 0 Å². The van der Waals surface area contributed by atoms with Crippen molar-refractivity contribution in [3.05, 3.63) is 58.4 Å². The first-order valence-electron chi connectivity index (χ1n) is 23.4. The van der Waals surface area contributed by atoms with Gasteiger partial charge >= 0.3 is 0 Å². The van der Waals surface area contributed by atoms with Crippen molar-refractivity contribution in [3.8, 4) is 0 Å². The van der Waals surface area contributed by atoms with E-state index < -0.39 is 23.2 Å². The summed E-state index contributed by atoms with van der Waals surface area (Å²) in [6, 6.07) is 6.46. The van der Waals surface area contributed by atoms with Crippen LogP contribution in [0.3, 0.4) is 0 Å². The van der Waals surface area contributed by atoms with Crippen LogP contribution in [0.1, 0.15) is 118 Å². The van der Waals surface area contributed by atoms with Crippen molar-refractivity contribution in [3.63, 3.8) is 0 Å². The molecule has 1 aliphatic carbocycles. The van der Waals surface area contributed by atoms with Gasteiger partial charge in [0.15, 0.2) is 18.4 Å². The Labute approximate surface area is 391 Å². The first-order chi connectivity index (χ1) is 31.7. The Bertz CT molecular complexity index is 2100. The molecular weight excluding hydrogens is 870 g/mol. The summed E-state index contributed by atoms with van der Waals surface area (Å²) in [7, 11) is 1.67. The zero-order chi connectivity index (χ0) is 47.5. The van der Waals surface area contributed by atoms with Gasteiger partial charge in [-0.2, -0.15) is 0 Å². The molecule has 1 atom stereocenters. The normalized spacial score (nSPS) is 20.9. The SMILES string of the molecule is C=N/C(=C(F)\C=N/CNC1CCN(SC2CCN(C3CC4(CCN(c5cc(C(=O)C=O)c(C=O)cc5F)CC4)C3)CC2)CC1)c1cc(F)c2c(c1)N(C(C)C)C(C)N2.CCCC(=O)NNC. The minimum absolute atomic E-state index is 0.0362. The molecule has 0 radical (unpaired) electrons. The molecule has 1 amide bonds. The molecule has 4 N–H and O–H groups in total. The summed E-state index contributed by atoms with van der Waals surface area (Å²) in [6.45, 7) is 17.3. The Balaban J connectivity index is 0.000000824. The predicted octanol–water partition coefficient (Wildman–Crippen LogP) is 7.17. The molecule has 66 heavy (non-hydrogen) atoms. The molecule has 4 aliphatic heterocycles. The van der Waals surface area contributed by atoms with Gasteiger partial charge in [-0.3, -0.25) is 44.2 Å². The van der Waals surface area contributed by atoms with Crippen molar-refractivity contribution in [1.29, 1.82) is 0 Å². The number of amides is 1. The number of piperidine rings is 3. The van der Waals surface area contributed by atoms with Crippen molar-refractivity contribution in [2.45, 2.75) is 121 Å². The number of hydrogen-bond acceptors (Lipinski definition) is 14. The van der Waals surface area contributed by atoms with E-state index in [1.807, 2.05) is 44.5 Å². The number of carbonyl (C=O) groups is 4. The van der Waals surface area contributed by atoms with Gasteiger partial charge in [-0.1, -0.05) is 18.9 Å². The minimum atomic E-state index is -0.819. The topological polar surface area (TPSA) is 154 Å². The maximum Gasteiger partial charge on any atom is 0.234 e. The summed E-state index contributed by atoms with van der Waals surface area (Å²) in [4.78, 5) is 59.8. The molecule has 18 heteroatoms. The number of allylic oxidation sites excluding steroid dienone is 1. The Morgan fingerprint density at radius 3 is 2.29 bits per heavy atom. The fraction of sp³-hybridized carbons (Fsp3) is 0.583. The molecule has 2 aromatic carbocycles. The van der Waals surface area contributed by atoms with Crippen LogP contribution in [0.4, 0.5) is 30.2 Å². The third-order valence-electron chi connectivity index (χ3n) is 13.6. The van der Waals surface area contributed by atoms with Crippen molar-refractivity contribution in [2.24, 2.45) is 15.4 Å². The number of rotatable bonds is 17. The highest BCUT2D eigenvalue weighted by molar-refractivity contribution is 7.97. The molecule has 4 fully saturated rings. The Morgan fingerprint density at radius 2 is 1.68 bits per heavy atom. The van der Waals surface area contributed by atoms with Crippen molar-refractivity contribution in [2.75, 3.05) is 68.1 Å². The number of hydrogen-bond donors (Lipinski definition) is 4. The van der Waals surface area contributed by atoms with Crippen LogP contribution < -0.4 is 31.3 Å². The Hall–Kier alpha value is -4.62. The summed E-state index contributed by atoms with van der Waals surface area (Å²) in [5.74, 6) is -2.43. The van der Waals surface area contributed by atoms with Gasteiger partial charge < -0.3 is 20.0 Å². The van der Waals surface area contributed by atoms with Gasteiger partial charge in [0.2, 0.25) is 11.7 Å². The van der Waals surface area contributed by atoms with E-state index in [0.29, 0.717) is 60.1 Å². The van der Waals surface area contributed by atoms with Crippen LogP contribution in [0.2, 0.25) is 0 Å². The number of hydrazine groups is 1. The first-order valence-corrected chi connectivity index (χ1v) is 24.2. The number of Topliss-reactive ketones (excluding diaryl/α,β-unsaturated/α-hetero) is 1. The maximum absolute atomic E-state index is 15.3. The van der Waals surface area contributed by atoms with Crippen LogP contribution in [0, 0.1) is 17.0 Å². The maximum atomic E-state index is 15.3. The average Bonchev–Trinajstić information content (AvgIpc) is 3.64. The van der Waals surface area contributed by atoms with Crippen LogP contribution >= 0.6 is 11.9 Å². The third-order valence-corrected chi connectivity index (χ3v) is 15.0. The molecule has 1 unspecified atom stereocenters. The zero-order valence-corrected chi connectivity index (χ0v) is 39.8. The summed E-state index contributed by atoms with van der Waals surface area (Å²) < 4.78 is 47.8. The second-order valence-electron chi connectivity index (χ2n) is 18.3. The van der Waals surface area contributed by atoms with Gasteiger partial charge in [0.1, 0.15) is 17.3 Å². The highest BCUT2D eigenvalue weighted by Gasteiger charge is 2.48. The summed E-state index contributed by atoms with van der Waals surface area (Å²) in [5, 5.41) is 7.21. The van der Waals surface area contributed by atoms with E-state index in [-0.39, 0.29) is 59.0 Å². The average molecular weight is 937 g/mol. The second-order valence-corrected chi connectivity index (χ2v) is 19.7. The largest absolute Gasteiger partial charge is 0.369 e. The molecular formula is C48H67F3N10O4S. The number of nitrogens with zero attached hydrogens (tertiary/aromatic N) is 6. The summed E-state index contributed by atoms with van der Waals surface area (Å²) in [5.41, 5.74) is 6.78. The number of anilines is 3. The summed E-state index contributed by atoms with van der Waals surface area (Å²) >= 11 is 2.00. The van der Waals surface area contributed by atoms with Gasteiger partial charge in [0, 0.05) is 79.7 Å². The highest BCUT2D eigenvalue weighted by atomic mass is 32.2. The fourth-order valence-corrected chi connectivity index (χ4v) is 11.4. The van der Waals surface area contributed by atoms with E-state index in [2.05, 4.69) is 52.3 Å². The van der Waals surface area contributed by atoms with E-state index in [9.17, 15) is 23.6 Å². The van der Waals surface area contributed by atoms with E-state index in [0.717, 1.165) is 96.2 Å².